The van der Waals surface area contributed by atoms with E-state index in [1.807, 2.05) is 19.9 Å². The lowest BCUT2D eigenvalue weighted by atomic mass is 10.4. The number of hydrogen-bond donors (Lipinski definition) is 2. The first-order chi connectivity index (χ1) is 13.4. The van der Waals surface area contributed by atoms with Gasteiger partial charge in [-0.1, -0.05) is 5.16 Å². The smallest absolute Gasteiger partial charge is 0.235 e. The van der Waals surface area contributed by atoms with Crippen molar-refractivity contribution in [2.24, 2.45) is 0 Å². The number of aromatic nitrogens is 4. The zero-order valence-electron chi connectivity index (χ0n) is 15.7. The molecule has 0 aliphatic rings. The topological polar surface area (TPSA) is 115 Å². The van der Waals surface area contributed by atoms with E-state index in [0.29, 0.717) is 23.1 Å². The summed E-state index contributed by atoms with van der Waals surface area (Å²) in [6.45, 7) is 5.61. The Bertz CT molecular complexity index is 980. The quantitative estimate of drug-likeness (QED) is 0.626. The molecule has 28 heavy (non-hydrogen) atoms. The molecular weight excluding hydrogens is 380 g/mol. The molecule has 3 heterocycles. The van der Waals surface area contributed by atoms with Gasteiger partial charge in [0.1, 0.15) is 5.76 Å². The van der Waals surface area contributed by atoms with Crippen LogP contribution in [0.4, 0.5) is 11.5 Å². The van der Waals surface area contributed by atoms with Crippen molar-refractivity contribution in [1.29, 1.82) is 0 Å². The summed E-state index contributed by atoms with van der Waals surface area (Å²) in [5.41, 5.74) is 2.48. The van der Waals surface area contributed by atoms with Crippen molar-refractivity contribution in [2.45, 2.75) is 20.8 Å². The first-order valence-electron chi connectivity index (χ1n) is 8.51. The van der Waals surface area contributed by atoms with Gasteiger partial charge in [0.05, 0.1) is 29.1 Å². The van der Waals surface area contributed by atoms with E-state index in [0.717, 1.165) is 11.4 Å². The molecule has 0 aromatic carbocycles. The first kappa shape index (κ1) is 19.6. The van der Waals surface area contributed by atoms with Gasteiger partial charge in [-0.15, -0.1) is 11.8 Å². The molecule has 0 unspecified atom stereocenters. The molecule has 0 atom stereocenters. The Labute approximate surface area is 165 Å². The van der Waals surface area contributed by atoms with Crippen LogP contribution in [0.2, 0.25) is 0 Å². The second kappa shape index (κ2) is 8.70. The van der Waals surface area contributed by atoms with E-state index in [9.17, 15) is 9.59 Å². The average molecular weight is 400 g/mol. The fraction of sp³-hybridized carbons (Fsp3) is 0.278. The summed E-state index contributed by atoms with van der Waals surface area (Å²) in [5, 5.41) is 13.4. The summed E-state index contributed by atoms with van der Waals surface area (Å²) >= 11 is 1.20. The van der Waals surface area contributed by atoms with Gasteiger partial charge in [-0.2, -0.15) is 5.10 Å². The summed E-state index contributed by atoms with van der Waals surface area (Å²) in [7, 11) is 0. The number of nitrogens with zero attached hydrogens (tertiary/aromatic N) is 4. The van der Waals surface area contributed by atoms with Crippen LogP contribution in [0.25, 0.3) is 5.82 Å². The van der Waals surface area contributed by atoms with Crippen molar-refractivity contribution >= 4 is 35.1 Å². The van der Waals surface area contributed by atoms with Crippen LogP contribution in [-0.4, -0.2) is 43.2 Å². The predicted molar refractivity (Wildman–Crippen MR) is 107 cm³/mol. The summed E-state index contributed by atoms with van der Waals surface area (Å²) in [5.74, 6) is 1.47. The molecule has 10 heteroatoms. The Balaban J connectivity index is 1.44. The molecule has 9 nitrogen and oxygen atoms in total. The highest BCUT2D eigenvalue weighted by Crippen LogP contribution is 2.13. The number of nitrogens with one attached hydrogen (secondary N) is 2. The molecule has 0 bridgehead atoms. The van der Waals surface area contributed by atoms with Gasteiger partial charge in [0.15, 0.2) is 11.6 Å². The molecule has 2 N–H and O–H groups in total. The number of carbonyl (C=O) groups is 2. The minimum atomic E-state index is -0.248. The fourth-order valence-corrected chi connectivity index (χ4v) is 3.10. The van der Waals surface area contributed by atoms with E-state index in [2.05, 4.69) is 25.9 Å². The van der Waals surface area contributed by atoms with Crippen LogP contribution < -0.4 is 10.6 Å². The largest absolute Gasteiger partial charge is 0.360 e. The van der Waals surface area contributed by atoms with E-state index in [4.69, 9.17) is 4.52 Å². The molecule has 0 aliphatic carbocycles. The van der Waals surface area contributed by atoms with Gasteiger partial charge < -0.3 is 15.2 Å². The number of hydrogen-bond acceptors (Lipinski definition) is 7. The molecule has 2 amide bonds. The number of pyridine rings is 1. The van der Waals surface area contributed by atoms with Crippen LogP contribution >= 0.6 is 11.8 Å². The van der Waals surface area contributed by atoms with Crippen molar-refractivity contribution in [3.05, 3.63) is 47.6 Å². The standard InChI is InChI=1S/C18H20N6O3S/c1-11-6-12(2)24(22-11)16-5-4-14(8-19-16)20-17(25)9-28-10-18(26)21-15-7-13(3)27-23-15/h4-8H,9-10H2,1-3H3,(H,20,25)(H,21,23,26). The van der Waals surface area contributed by atoms with Crippen LogP contribution in [0.3, 0.4) is 0 Å². The number of carbonyl (C=O) groups excluding carboxylic acids is 2. The Kier molecular flexibility index (Phi) is 6.09. The summed E-state index contributed by atoms with van der Waals surface area (Å²) in [6.07, 6.45) is 1.58. The number of thioether (sulfide) groups is 1. The summed E-state index contributed by atoms with van der Waals surface area (Å²) < 4.78 is 6.61. The van der Waals surface area contributed by atoms with Crippen LogP contribution in [0, 0.1) is 20.8 Å². The zero-order chi connectivity index (χ0) is 20.1. The monoisotopic (exact) mass is 400 g/mol. The second-order valence-electron chi connectivity index (χ2n) is 6.16. The van der Waals surface area contributed by atoms with Gasteiger partial charge in [0.25, 0.3) is 0 Å². The molecule has 3 aromatic rings. The van der Waals surface area contributed by atoms with Gasteiger partial charge in [-0.25, -0.2) is 9.67 Å². The second-order valence-corrected chi connectivity index (χ2v) is 7.14. The van der Waals surface area contributed by atoms with Gasteiger partial charge in [0.2, 0.25) is 11.8 Å². The highest BCUT2D eigenvalue weighted by Gasteiger charge is 2.10. The van der Waals surface area contributed by atoms with E-state index in [1.54, 1.807) is 36.0 Å². The van der Waals surface area contributed by atoms with Gasteiger partial charge >= 0.3 is 0 Å². The molecule has 0 saturated heterocycles. The van der Waals surface area contributed by atoms with E-state index in [1.165, 1.54) is 11.8 Å². The minimum absolute atomic E-state index is 0.133. The van der Waals surface area contributed by atoms with Crippen molar-refractivity contribution in [1.82, 2.24) is 19.9 Å². The molecule has 0 aliphatic heterocycles. The lowest BCUT2D eigenvalue weighted by molar-refractivity contribution is -0.114. The summed E-state index contributed by atoms with van der Waals surface area (Å²) in [4.78, 5) is 28.2. The predicted octanol–water partition coefficient (Wildman–Crippen LogP) is 2.49. The lowest BCUT2D eigenvalue weighted by Crippen LogP contribution is -2.18. The zero-order valence-corrected chi connectivity index (χ0v) is 16.5. The Morgan fingerprint density at radius 2 is 1.86 bits per heavy atom. The van der Waals surface area contributed by atoms with Gasteiger partial charge in [0, 0.05) is 11.8 Å². The van der Waals surface area contributed by atoms with Crippen LogP contribution in [0.5, 0.6) is 0 Å². The molecule has 0 radical (unpaired) electrons. The molecule has 146 valence electrons. The van der Waals surface area contributed by atoms with Crippen molar-refractivity contribution in [3.63, 3.8) is 0 Å². The Morgan fingerprint density at radius 1 is 1.11 bits per heavy atom. The molecule has 3 rings (SSSR count). The van der Waals surface area contributed by atoms with Crippen molar-refractivity contribution < 1.29 is 14.1 Å². The third-order valence-corrected chi connectivity index (χ3v) is 4.55. The maximum Gasteiger partial charge on any atom is 0.235 e. The minimum Gasteiger partial charge on any atom is -0.360 e. The maximum atomic E-state index is 12.0. The van der Waals surface area contributed by atoms with Crippen LogP contribution in [-0.2, 0) is 9.59 Å². The number of amides is 2. The Morgan fingerprint density at radius 3 is 2.43 bits per heavy atom. The fourth-order valence-electron chi connectivity index (χ4n) is 2.48. The van der Waals surface area contributed by atoms with Crippen molar-refractivity contribution in [3.8, 4) is 5.82 Å². The number of aryl methyl sites for hydroxylation is 3. The SMILES string of the molecule is Cc1cc(C)n(-c2ccc(NC(=O)CSCC(=O)Nc3cc(C)on3)cn2)n1. The third-order valence-electron chi connectivity index (χ3n) is 3.62. The molecule has 0 saturated carbocycles. The van der Waals surface area contributed by atoms with Crippen LogP contribution in [0.1, 0.15) is 17.1 Å². The highest BCUT2D eigenvalue weighted by molar-refractivity contribution is 8.00. The molecule has 3 aromatic heterocycles. The van der Waals surface area contributed by atoms with Crippen LogP contribution in [0.15, 0.2) is 35.0 Å². The molecule has 0 spiro atoms. The first-order valence-corrected chi connectivity index (χ1v) is 9.66. The lowest BCUT2D eigenvalue weighted by Gasteiger charge is -2.07. The van der Waals surface area contributed by atoms with Crippen molar-refractivity contribution in [2.75, 3.05) is 22.1 Å². The summed E-state index contributed by atoms with van der Waals surface area (Å²) in [6, 6.07) is 7.14. The van der Waals surface area contributed by atoms with E-state index < -0.39 is 0 Å². The highest BCUT2D eigenvalue weighted by atomic mass is 32.2. The normalized spacial score (nSPS) is 10.7. The molecule has 0 fully saturated rings. The van der Waals surface area contributed by atoms with Gasteiger partial charge in [-0.3, -0.25) is 9.59 Å². The molecular formula is C18H20N6O3S. The van der Waals surface area contributed by atoms with Gasteiger partial charge in [-0.05, 0) is 39.0 Å². The number of anilines is 2. The van der Waals surface area contributed by atoms with E-state index in [-0.39, 0.29) is 23.3 Å². The maximum absolute atomic E-state index is 12.0. The third kappa shape index (κ3) is 5.19. The average Bonchev–Trinajstić information content (AvgIpc) is 3.20. The van der Waals surface area contributed by atoms with E-state index >= 15 is 0 Å². The Hall–Kier alpha value is -3.14. The number of rotatable bonds is 7.